The molecule has 0 fully saturated rings. The van der Waals surface area contributed by atoms with E-state index in [4.69, 9.17) is 18.5 Å². The normalized spacial score (nSPS) is 13.8. The number of carbonyl (C=O) groups excluding carboxylic acids is 2. The molecule has 9 nitrogen and oxygen atoms in total. The number of carbonyl (C=O) groups is 2. The van der Waals surface area contributed by atoms with Crippen molar-refractivity contribution >= 4 is 19.8 Å². The van der Waals surface area contributed by atoms with Crippen LogP contribution in [0.2, 0.25) is 0 Å². The summed E-state index contributed by atoms with van der Waals surface area (Å²) in [6.07, 6.45) is 33.9. The van der Waals surface area contributed by atoms with E-state index < -0.39 is 26.5 Å². The van der Waals surface area contributed by atoms with E-state index in [-0.39, 0.29) is 32.0 Å². The Balaban J connectivity index is 4.38. The number of hydrogen-bond acceptors (Lipinski definition) is 7. The summed E-state index contributed by atoms with van der Waals surface area (Å²) in [5.41, 5.74) is 0. The van der Waals surface area contributed by atoms with Gasteiger partial charge >= 0.3 is 19.8 Å². The van der Waals surface area contributed by atoms with Crippen molar-refractivity contribution in [2.75, 3.05) is 47.5 Å². The Morgan fingerprint density at radius 1 is 0.588 bits per heavy atom. The molecule has 0 radical (unpaired) electrons. The van der Waals surface area contributed by atoms with E-state index in [2.05, 4.69) is 26.0 Å². The zero-order valence-corrected chi connectivity index (χ0v) is 34.7. The average Bonchev–Trinajstić information content (AvgIpc) is 3.07. The van der Waals surface area contributed by atoms with Crippen LogP contribution in [0.25, 0.3) is 0 Å². The molecular formula is C41H81NO8P+. The summed E-state index contributed by atoms with van der Waals surface area (Å²) in [6.45, 7) is 4.41. The zero-order chi connectivity index (χ0) is 37.9. The maximum Gasteiger partial charge on any atom is 0.472 e. The third-order valence-corrected chi connectivity index (χ3v) is 10.0. The lowest BCUT2D eigenvalue weighted by Crippen LogP contribution is -2.37. The maximum atomic E-state index is 12.6. The molecule has 0 aliphatic carbocycles. The van der Waals surface area contributed by atoms with E-state index >= 15 is 0 Å². The third kappa shape index (κ3) is 38.3. The molecule has 51 heavy (non-hydrogen) atoms. The van der Waals surface area contributed by atoms with Crippen LogP contribution < -0.4 is 0 Å². The second kappa shape index (κ2) is 34.5. The zero-order valence-electron chi connectivity index (χ0n) is 33.9. The molecule has 0 saturated heterocycles. The molecule has 0 saturated carbocycles. The van der Waals surface area contributed by atoms with Gasteiger partial charge in [0.15, 0.2) is 6.10 Å². The Morgan fingerprint density at radius 3 is 1.47 bits per heavy atom. The number of ether oxygens (including phenoxy) is 2. The molecule has 0 aliphatic rings. The Labute approximate surface area is 314 Å². The van der Waals surface area contributed by atoms with E-state index in [0.29, 0.717) is 17.4 Å². The Bertz CT molecular complexity index is 891. The number of phosphoric ester groups is 1. The minimum atomic E-state index is -4.37. The number of hydrogen-bond donors (Lipinski definition) is 1. The molecule has 0 aromatic heterocycles. The maximum absolute atomic E-state index is 12.6. The van der Waals surface area contributed by atoms with Crippen LogP contribution in [0.4, 0.5) is 0 Å². The fraction of sp³-hybridized carbons (Fsp3) is 0.902. The van der Waals surface area contributed by atoms with Gasteiger partial charge in [0.05, 0.1) is 27.7 Å². The van der Waals surface area contributed by atoms with Gasteiger partial charge in [-0.3, -0.25) is 18.6 Å². The summed E-state index contributed by atoms with van der Waals surface area (Å²) in [5, 5.41) is 0. The predicted octanol–water partition coefficient (Wildman–Crippen LogP) is 11.4. The number of nitrogens with zero attached hydrogens (tertiary/aromatic N) is 1. The number of esters is 2. The lowest BCUT2D eigenvalue weighted by Gasteiger charge is -2.24. The molecule has 2 atom stereocenters. The van der Waals surface area contributed by atoms with Gasteiger partial charge in [0.25, 0.3) is 0 Å². The SMILES string of the molecule is CCCCCC/C=C/CCCCCCCC(=O)OCC(COP(=O)(O)OCC[N+](C)(C)C)OC(=O)CCCCCCCCCCCCCCCC. The Kier molecular flexibility index (Phi) is 33.7. The van der Waals surface area contributed by atoms with Gasteiger partial charge in [-0.15, -0.1) is 0 Å². The first-order valence-corrected chi connectivity index (χ1v) is 22.4. The minimum Gasteiger partial charge on any atom is -0.462 e. The minimum absolute atomic E-state index is 0.0334. The van der Waals surface area contributed by atoms with Crippen LogP contribution in [-0.2, 0) is 32.7 Å². The van der Waals surface area contributed by atoms with Gasteiger partial charge in [-0.05, 0) is 38.5 Å². The molecule has 0 aromatic rings. The number of rotatable bonds is 38. The highest BCUT2D eigenvalue weighted by atomic mass is 31.2. The van der Waals surface area contributed by atoms with Crippen molar-refractivity contribution < 1.29 is 42.1 Å². The number of allylic oxidation sites excluding steroid dienone is 2. The number of likely N-dealkylation sites (N-methyl/N-ethyl adjacent to an activating group) is 1. The summed E-state index contributed by atoms with van der Waals surface area (Å²) in [7, 11) is 1.48. The molecular weight excluding hydrogens is 665 g/mol. The lowest BCUT2D eigenvalue weighted by molar-refractivity contribution is -0.870. The average molecular weight is 747 g/mol. The van der Waals surface area contributed by atoms with Crippen LogP contribution in [0.5, 0.6) is 0 Å². The van der Waals surface area contributed by atoms with E-state index in [1.165, 1.54) is 103 Å². The fourth-order valence-corrected chi connectivity index (χ4v) is 6.46. The summed E-state index contributed by atoms with van der Waals surface area (Å²) < 4.78 is 34.2. The summed E-state index contributed by atoms with van der Waals surface area (Å²) >= 11 is 0. The van der Waals surface area contributed by atoms with Gasteiger partial charge < -0.3 is 18.9 Å². The topological polar surface area (TPSA) is 108 Å². The smallest absolute Gasteiger partial charge is 0.462 e. The third-order valence-electron chi connectivity index (χ3n) is 9.05. The molecule has 10 heteroatoms. The lowest BCUT2D eigenvalue weighted by atomic mass is 10.0. The predicted molar refractivity (Wildman–Crippen MR) is 211 cm³/mol. The van der Waals surface area contributed by atoms with E-state index in [9.17, 15) is 19.0 Å². The Hall–Kier alpha value is -1.25. The summed E-state index contributed by atoms with van der Waals surface area (Å²) in [4.78, 5) is 35.2. The van der Waals surface area contributed by atoms with Crippen molar-refractivity contribution in [3.05, 3.63) is 12.2 Å². The van der Waals surface area contributed by atoms with Crippen molar-refractivity contribution in [1.82, 2.24) is 0 Å². The molecule has 0 amide bonds. The van der Waals surface area contributed by atoms with E-state index in [1.807, 2.05) is 21.1 Å². The van der Waals surface area contributed by atoms with Crippen LogP contribution in [0, 0.1) is 0 Å². The molecule has 0 spiro atoms. The quantitative estimate of drug-likeness (QED) is 0.0219. The summed E-state index contributed by atoms with van der Waals surface area (Å²) in [5.74, 6) is -0.802. The van der Waals surface area contributed by atoms with Gasteiger partial charge in [0, 0.05) is 12.8 Å². The van der Waals surface area contributed by atoms with Gasteiger partial charge in [-0.2, -0.15) is 0 Å². The van der Waals surface area contributed by atoms with Crippen molar-refractivity contribution in [2.24, 2.45) is 0 Å². The first-order valence-electron chi connectivity index (χ1n) is 20.9. The molecule has 2 unspecified atom stereocenters. The molecule has 0 bridgehead atoms. The second-order valence-electron chi connectivity index (χ2n) is 15.4. The van der Waals surface area contributed by atoms with Crippen LogP contribution >= 0.6 is 7.82 Å². The van der Waals surface area contributed by atoms with Gasteiger partial charge in [-0.1, -0.05) is 148 Å². The van der Waals surface area contributed by atoms with Crippen molar-refractivity contribution in [2.45, 2.75) is 193 Å². The highest BCUT2D eigenvalue weighted by molar-refractivity contribution is 7.47. The van der Waals surface area contributed by atoms with Gasteiger partial charge in [0.1, 0.15) is 19.8 Å². The van der Waals surface area contributed by atoms with Crippen molar-refractivity contribution in [1.29, 1.82) is 0 Å². The first kappa shape index (κ1) is 49.8. The number of unbranched alkanes of at least 4 members (excludes halogenated alkanes) is 22. The largest absolute Gasteiger partial charge is 0.472 e. The molecule has 0 aliphatic heterocycles. The highest BCUT2D eigenvalue weighted by Gasteiger charge is 2.27. The molecule has 0 aromatic carbocycles. The monoisotopic (exact) mass is 747 g/mol. The standard InChI is InChI=1S/C41H80NO8P/c1-6-8-10-12-14-16-18-20-22-24-26-28-30-32-34-41(44)50-39(38-49-51(45,46)48-36-35-42(3,4)5)37-47-40(43)33-31-29-27-25-23-21-19-17-15-13-11-9-7-2/h17,19,39H,6-16,18,20-38H2,1-5H3/p+1/b19-17+. The van der Waals surface area contributed by atoms with E-state index in [0.717, 1.165) is 51.4 Å². The van der Waals surface area contributed by atoms with Crippen LogP contribution in [0.3, 0.4) is 0 Å². The van der Waals surface area contributed by atoms with E-state index in [1.54, 1.807) is 0 Å². The van der Waals surface area contributed by atoms with Gasteiger partial charge in [0.2, 0.25) is 0 Å². The van der Waals surface area contributed by atoms with Crippen molar-refractivity contribution in [3.63, 3.8) is 0 Å². The van der Waals surface area contributed by atoms with Crippen LogP contribution in [0.15, 0.2) is 12.2 Å². The molecule has 0 rings (SSSR count). The molecule has 302 valence electrons. The number of phosphoric acid groups is 1. The van der Waals surface area contributed by atoms with Crippen molar-refractivity contribution in [3.8, 4) is 0 Å². The highest BCUT2D eigenvalue weighted by Crippen LogP contribution is 2.43. The second-order valence-corrected chi connectivity index (χ2v) is 16.8. The number of quaternary nitrogens is 1. The van der Waals surface area contributed by atoms with Crippen LogP contribution in [-0.4, -0.2) is 74.9 Å². The first-order chi connectivity index (χ1) is 24.5. The van der Waals surface area contributed by atoms with Crippen LogP contribution in [0.1, 0.15) is 187 Å². The molecule has 1 N–H and O–H groups in total. The molecule has 0 heterocycles. The van der Waals surface area contributed by atoms with Gasteiger partial charge in [-0.25, -0.2) is 4.57 Å². The Morgan fingerprint density at radius 2 is 1.00 bits per heavy atom. The fourth-order valence-electron chi connectivity index (χ4n) is 5.71. The summed E-state index contributed by atoms with van der Waals surface area (Å²) in [6, 6.07) is 0.